The molecule has 1 aromatic carbocycles. The van der Waals surface area contributed by atoms with Crippen molar-refractivity contribution in [2.75, 3.05) is 13.1 Å². The van der Waals surface area contributed by atoms with E-state index < -0.39 is 60.2 Å². The molecule has 0 aliphatic carbocycles. The molecule has 1 fully saturated rings. The number of carbonyl (C=O) groups is 5. The van der Waals surface area contributed by atoms with E-state index in [4.69, 9.17) is 11.5 Å². The van der Waals surface area contributed by atoms with Gasteiger partial charge in [-0.1, -0.05) is 12.1 Å². The van der Waals surface area contributed by atoms with Crippen LogP contribution in [0.15, 0.2) is 24.3 Å². The van der Waals surface area contributed by atoms with Crippen molar-refractivity contribution >= 4 is 29.7 Å². The summed E-state index contributed by atoms with van der Waals surface area (Å²) in [6.07, 6.45) is 1.23. The van der Waals surface area contributed by atoms with Crippen LogP contribution in [0.25, 0.3) is 0 Å². The van der Waals surface area contributed by atoms with Gasteiger partial charge in [-0.2, -0.15) is 0 Å². The van der Waals surface area contributed by atoms with E-state index in [1.54, 1.807) is 12.1 Å². The fourth-order valence-corrected chi connectivity index (χ4v) is 4.15. The van der Waals surface area contributed by atoms with Crippen LogP contribution in [0.4, 0.5) is 0 Å². The van der Waals surface area contributed by atoms with E-state index in [1.807, 2.05) is 0 Å². The number of rotatable bonds is 14. The van der Waals surface area contributed by atoms with Gasteiger partial charge in [0.05, 0.1) is 12.5 Å². The smallest absolute Gasteiger partial charge is 0.326 e. The van der Waals surface area contributed by atoms with Gasteiger partial charge in [0, 0.05) is 6.54 Å². The zero-order chi connectivity index (χ0) is 27.5. The van der Waals surface area contributed by atoms with Crippen LogP contribution in [0.3, 0.4) is 0 Å². The van der Waals surface area contributed by atoms with Gasteiger partial charge in [0.1, 0.15) is 23.9 Å². The maximum Gasteiger partial charge on any atom is 0.326 e. The summed E-state index contributed by atoms with van der Waals surface area (Å²) < 4.78 is 0. The zero-order valence-electron chi connectivity index (χ0n) is 20.5. The molecule has 1 heterocycles. The number of aromatic hydroxyl groups is 1. The summed E-state index contributed by atoms with van der Waals surface area (Å²) in [7, 11) is 0. The number of likely N-dealkylation sites (tertiary alicyclic amines) is 1. The topological polar surface area (TPSA) is 225 Å². The number of nitrogens with one attached hydrogen (secondary N) is 2. The number of carbonyl (C=O) groups excluding carboxylic acids is 3. The average molecular weight is 522 g/mol. The minimum atomic E-state index is -1.51. The largest absolute Gasteiger partial charge is 0.508 e. The normalized spacial score (nSPS) is 17.5. The predicted molar refractivity (Wildman–Crippen MR) is 131 cm³/mol. The molecular formula is C24H35N5O8. The van der Waals surface area contributed by atoms with Crippen molar-refractivity contribution in [3.63, 3.8) is 0 Å². The summed E-state index contributed by atoms with van der Waals surface area (Å²) >= 11 is 0. The molecule has 13 nitrogen and oxygen atoms in total. The number of aliphatic carboxylic acids is 2. The number of benzene rings is 1. The highest BCUT2D eigenvalue weighted by Gasteiger charge is 2.39. The lowest BCUT2D eigenvalue weighted by Crippen LogP contribution is -2.57. The molecule has 1 saturated heterocycles. The molecule has 204 valence electrons. The Labute approximate surface area is 214 Å². The Balaban J connectivity index is 2.13. The highest BCUT2D eigenvalue weighted by Crippen LogP contribution is 2.19. The van der Waals surface area contributed by atoms with Crippen LogP contribution in [0.1, 0.15) is 44.1 Å². The number of phenols is 1. The van der Waals surface area contributed by atoms with Gasteiger partial charge in [-0.15, -0.1) is 0 Å². The number of hydrogen-bond donors (Lipinski definition) is 7. The Kier molecular flexibility index (Phi) is 11.3. The Morgan fingerprint density at radius 2 is 1.65 bits per heavy atom. The molecule has 9 N–H and O–H groups in total. The SMILES string of the molecule is NCCCCC(NC(=O)C(N)Cc1ccc(O)cc1)C(=O)NC(CC(=O)O)C(=O)N1CCCC1C(=O)O. The first-order valence-corrected chi connectivity index (χ1v) is 12.1. The van der Waals surface area contributed by atoms with Gasteiger partial charge in [-0.05, 0) is 62.8 Å². The molecule has 37 heavy (non-hydrogen) atoms. The number of phenolic OH excluding ortho intramolecular Hbond substituents is 1. The van der Waals surface area contributed by atoms with Crippen LogP contribution in [-0.2, 0) is 30.4 Å². The first kappa shape index (κ1) is 29.5. The number of carboxylic acid groups (broad SMARTS) is 2. The van der Waals surface area contributed by atoms with E-state index in [0.29, 0.717) is 31.4 Å². The first-order valence-electron chi connectivity index (χ1n) is 12.1. The van der Waals surface area contributed by atoms with Crippen molar-refractivity contribution in [1.29, 1.82) is 0 Å². The second kappa shape index (κ2) is 14.1. The highest BCUT2D eigenvalue weighted by atomic mass is 16.4. The molecular weight excluding hydrogens is 486 g/mol. The van der Waals surface area contributed by atoms with Crippen LogP contribution < -0.4 is 22.1 Å². The van der Waals surface area contributed by atoms with Gasteiger partial charge < -0.3 is 42.3 Å². The Morgan fingerprint density at radius 3 is 2.24 bits per heavy atom. The number of nitrogens with zero attached hydrogens (tertiary/aromatic N) is 1. The Bertz CT molecular complexity index is 970. The zero-order valence-corrected chi connectivity index (χ0v) is 20.5. The molecule has 2 rings (SSSR count). The van der Waals surface area contributed by atoms with Crippen LogP contribution in [0.5, 0.6) is 5.75 Å². The summed E-state index contributed by atoms with van der Waals surface area (Å²) in [4.78, 5) is 62.9. The van der Waals surface area contributed by atoms with Crippen LogP contribution in [-0.4, -0.2) is 87.1 Å². The van der Waals surface area contributed by atoms with Gasteiger partial charge in [-0.25, -0.2) is 4.79 Å². The van der Waals surface area contributed by atoms with E-state index in [0.717, 1.165) is 4.90 Å². The molecule has 4 atom stereocenters. The highest BCUT2D eigenvalue weighted by molar-refractivity contribution is 5.95. The van der Waals surface area contributed by atoms with Crippen LogP contribution in [0, 0.1) is 0 Å². The fraction of sp³-hybridized carbons (Fsp3) is 0.542. The van der Waals surface area contributed by atoms with Crippen molar-refractivity contribution in [1.82, 2.24) is 15.5 Å². The third-order valence-corrected chi connectivity index (χ3v) is 6.12. The monoisotopic (exact) mass is 521 g/mol. The molecule has 0 aromatic heterocycles. The molecule has 1 aliphatic rings. The van der Waals surface area contributed by atoms with Crippen LogP contribution in [0.2, 0.25) is 0 Å². The molecule has 0 spiro atoms. The van der Waals surface area contributed by atoms with Crippen molar-refractivity contribution in [3.05, 3.63) is 29.8 Å². The lowest BCUT2D eigenvalue weighted by Gasteiger charge is -2.28. The standard InChI is InChI=1S/C24H35N5O8/c25-10-2-1-4-17(27-21(33)16(26)12-14-6-8-15(30)9-7-14)22(34)28-18(13-20(31)32)23(35)29-11-3-5-19(29)24(36)37/h6-9,16-19,30H,1-5,10-13,25-26H2,(H,27,33)(H,28,34)(H,31,32)(H,36,37). The summed E-state index contributed by atoms with van der Waals surface area (Å²) in [5, 5.41) is 33.0. The van der Waals surface area contributed by atoms with Gasteiger partial charge in [0.15, 0.2) is 0 Å². The number of carboxylic acids is 2. The summed E-state index contributed by atoms with van der Waals surface area (Å²) in [6.45, 7) is 0.485. The minimum absolute atomic E-state index is 0.0625. The van der Waals surface area contributed by atoms with E-state index in [2.05, 4.69) is 10.6 Å². The van der Waals surface area contributed by atoms with Crippen molar-refractivity contribution in [2.45, 2.75) is 69.1 Å². The van der Waals surface area contributed by atoms with Gasteiger partial charge in [0.25, 0.3) is 0 Å². The number of nitrogens with two attached hydrogens (primary N) is 2. The van der Waals surface area contributed by atoms with E-state index in [9.17, 15) is 39.3 Å². The van der Waals surface area contributed by atoms with Gasteiger partial charge >= 0.3 is 11.9 Å². The second-order valence-electron chi connectivity index (χ2n) is 9.01. The quantitative estimate of drug-likeness (QED) is 0.146. The molecule has 0 saturated carbocycles. The number of unbranched alkanes of at least 4 members (excludes halogenated alkanes) is 1. The maximum absolute atomic E-state index is 13.1. The van der Waals surface area contributed by atoms with E-state index in [-0.39, 0.29) is 31.6 Å². The minimum Gasteiger partial charge on any atom is -0.508 e. The lowest BCUT2D eigenvalue weighted by molar-refractivity contribution is -0.150. The van der Waals surface area contributed by atoms with Crippen LogP contribution >= 0.6 is 0 Å². The molecule has 1 aromatic rings. The molecule has 1 aliphatic heterocycles. The molecule has 3 amide bonds. The third-order valence-electron chi connectivity index (χ3n) is 6.12. The Morgan fingerprint density at radius 1 is 1.00 bits per heavy atom. The third kappa shape index (κ3) is 9.03. The van der Waals surface area contributed by atoms with E-state index in [1.165, 1.54) is 12.1 Å². The Hall–Kier alpha value is -3.71. The summed E-state index contributed by atoms with van der Waals surface area (Å²) in [5.74, 6) is -4.73. The summed E-state index contributed by atoms with van der Waals surface area (Å²) in [5.41, 5.74) is 12.2. The van der Waals surface area contributed by atoms with Crippen molar-refractivity contribution in [2.24, 2.45) is 11.5 Å². The summed E-state index contributed by atoms with van der Waals surface area (Å²) in [6, 6.07) is 1.38. The van der Waals surface area contributed by atoms with Gasteiger partial charge in [-0.3, -0.25) is 19.2 Å². The lowest BCUT2D eigenvalue weighted by atomic mass is 10.0. The van der Waals surface area contributed by atoms with Crippen molar-refractivity contribution in [3.8, 4) is 5.75 Å². The molecule has 0 bridgehead atoms. The maximum atomic E-state index is 13.1. The fourth-order valence-electron chi connectivity index (χ4n) is 4.15. The molecule has 4 unspecified atom stereocenters. The molecule has 0 radical (unpaired) electrons. The number of amides is 3. The van der Waals surface area contributed by atoms with Gasteiger partial charge in [0.2, 0.25) is 17.7 Å². The van der Waals surface area contributed by atoms with E-state index >= 15 is 0 Å². The average Bonchev–Trinajstić information content (AvgIpc) is 3.34. The molecule has 13 heteroatoms. The first-order chi connectivity index (χ1) is 17.5. The predicted octanol–water partition coefficient (Wildman–Crippen LogP) is -1.09. The number of hydrogen-bond acceptors (Lipinski definition) is 8. The second-order valence-corrected chi connectivity index (χ2v) is 9.01. The van der Waals surface area contributed by atoms with Crippen molar-refractivity contribution < 1.29 is 39.3 Å².